The summed E-state index contributed by atoms with van der Waals surface area (Å²) in [4.78, 5) is 23.6. The second-order valence-electron chi connectivity index (χ2n) is 6.34. The topological polar surface area (TPSA) is 102 Å². The van der Waals surface area contributed by atoms with E-state index >= 15 is 0 Å². The predicted molar refractivity (Wildman–Crippen MR) is 93.3 cm³/mol. The van der Waals surface area contributed by atoms with Crippen LogP contribution in [0.15, 0.2) is 23.1 Å². The first-order chi connectivity index (χ1) is 12.3. The average molecular weight is 382 g/mol. The van der Waals surface area contributed by atoms with Crippen molar-refractivity contribution in [2.24, 2.45) is 5.92 Å². The van der Waals surface area contributed by atoms with E-state index in [0.29, 0.717) is 30.9 Å². The number of anilines is 1. The van der Waals surface area contributed by atoms with Crippen LogP contribution in [-0.4, -0.2) is 50.4 Å². The Bertz CT molecular complexity index is 815. The van der Waals surface area contributed by atoms with Crippen LogP contribution in [0.2, 0.25) is 0 Å². The number of rotatable bonds is 4. The SMILES string of the molecule is CCOC(=O)C1CCN(S(=O)(=O)c2ccc3c(c2)NC(=O)C(C)O3)CC1. The molecule has 1 atom stereocenters. The number of nitrogens with one attached hydrogen (secondary N) is 1. The van der Waals surface area contributed by atoms with E-state index < -0.39 is 16.1 Å². The molecule has 0 aromatic heterocycles. The molecule has 2 aliphatic heterocycles. The number of esters is 1. The molecular weight excluding hydrogens is 360 g/mol. The first-order valence-electron chi connectivity index (χ1n) is 8.61. The van der Waals surface area contributed by atoms with Gasteiger partial charge in [-0.1, -0.05) is 0 Å². The van der Waals surface area contributed by atoms with Gasteiger partial charge in [-0.3, -0.25) is 9.59 Å². The monoisotopic (exact) mass is 382 g/mol. The number of fused-ring (bicyclic) bond motifs is 1. The fourth-order valence-corrected chi connectivity index (χ4v) is 4.59. The third-order valence-corrected chi connectivity index (χ3v) is 6.49. The van der Waals surface area contributed by atoms with Crippen LogP contribution in [0.3, 0.4) is 0 Å². The molecule has 1 fully saturated rings. The molecule has 8 nitrogen and oxygen atoms in total. The zero-order chi connectivity index (χ0) is 18.9. The van der Waals surface area contributed by atoms with E-state index in [1.807, 2.05) is 0 Å². The van der Waals surface area contributed by atoms with E-state index in [1.165, 1.54) is 16.4 Å². The van der Waals surface area contributed by atoms with Crippen molar-refractivity contribution >= 4 is 27.6 Å². The molecule has 1 amide bonds. The fraction of sp³-hybridized carbons (Fsp3) is 0.529. The maximum Gasteiger partial charge on any atom is 0.309 e. The standard InChI is InChI=1S/C17H22N2O6S/c1-3-24-17(21)12-6-8-19(9-7-12)26(22,23)13-4-5-15-14(10-13)18-16(20)11(2)25-15/h4-5,10-12H,3,6-9H2,1-2H3,(H,18,20). The smallest absolute Gasteiger partial charge is 0.309 e. The number of ether oxygens (including phenoxy) is 2. The van der Waals surface area contributed by atoms with E-state index in [1.54, 1.807) is 19.9 Å². The van der Waals surface area contributed by atoms with Gasteiger partial charge in [0, 0.05) is 13.1 Å². The summed E-state index contributed by atoms with van der Waals surface area (Å²) in [7, 11) is -3.71. The summed E-state index contributed by atoms with van der Waals surface area (Å²) < 4.78 is 37.6. The van der Waals surface area contributed by atoms with Crippen LogP contribution in [0.25, 0.3) is 0 Å². The van der Waals surface area contributed by atoms with Crippen molar-refractivity contribution in [1.82, 2.24) is 4.31 Å². The molecule has 1 saturated heterocycles. The van der Waals surface area contributed by atoms with E-state index in [-0.39, 0.29) is 35.8 Å². The van der Waals surface area contributed by atoms with Crippen molar-refractivity contribution in [1.29, 1.82) is 0 Å². The summed E-state index contributed by atoms with van der Waals surface area (Å²) in [5.41, 5.74) is 0.343. The van der Waals surface area contributed by atoms with Gasteiger partial charge in [0.2, 0.25) is 10.0 Å². The van der Waals surface area contributed by atoms with Gasteiger partial charge in [0.25, 0.3) is 5.91 Å². The van der Waals surface area contributed by atoms with Gasteiger partial charge in [0.05, 0.1) is 23.1 Å². The Kier molecular flexibility index (Phi) is 5.19. The molecular formula is C17H22N2O6S. The van der Waals surface area contributed by atoms with Crippen molar-refractivity contribution in [3.63, 3.8) is 0 Å². The second-order valence-corrected chi connectivity index (χ2v) is 8.28. The molecule has 0 spiro atoms. The molecule has 1 aromatic rings. The zero-order valence-corrected chi connectivity index (χ0v) is 15.5. The van der Waals surface area contributed by atoms with E-state index in [4.69, 9.17) is 9.47 Å². The summed E-state index contributed by atoms with van der Waals surface area (Å²) in [6.45, 7) is 4.19. The molecule has 3 rings (SSSR count). The average Bonchev–Trinajstić information content (AvgIpc) is 2.62. The number of nitrogens with zero attached hydrogens (tertiary/aromatic N) is 1. The number of sulfonamides is 1. The first kappa shape index (κ1) is 18.7. The van der Waals surface area contributed by atoms with Gasteiger partial charge in [-0.25, -0.2) is 8.42 Å². The molecule has 0 bridgehead atoms. The summed E-state index contributed by atoms with van der Waals surface area (Å²) >= 11 is 0. The third-order valence-electron chi connectivity index (χ3n) is 4.59. The minimum absolute atomic E-state index is 0.0873. The van der Waals surface area contributed by atoms with Crippen LogP contribution in [0.1, 0.15) is 26.7 Å². The number of carbonyl (C=O) groups is 2. The quantitative estimate of drug-likeness (QED) is 0.789. The highest BCUT2D eigenvalue weighted by Gasteiger charge is 2.33. The Morgan fingerprint density at radius 3 is 2.69 bits per heavy atom. The highest BCUT2D eigenvalue weighted by molar-refractivity contribution is 7.89. The van der Waals surface area contributed by atoms with Crippen molar-refractivity contribution in [2.45, 2.75) is 37.7 Å². The molecule has 1 N–H and O–H groups in total. The third kappa shape index (κ3) is 3.54. The van der Waals surface area contributed by atoms with Crippen LogP contribution in [0.4, 0.5) is 5.69 Å². The zero-order valence-electron chi connectivity index (χ0n) is 14.7. The molecule has 0 aliphatic carbocycles. The molecule has 9 heteroatoms. The summed E-state index contributed by atoms with van der Waals surface area (Å²) in [5, 5.41) is 2.65. The van der Waals surface area contributed by atoms with Crippen LogP contribution in [-0.2, 0) is 24.3 Å². The van der Waals surface area contributed by atoms with E-state index in [9.17, 15) is 18.0 Å². The van der Waals surface area contributed by atoms with E-state index in [0.717, 1.165) is 0 Å². The number of hydrogen-bond acceptors (Lipinski definition) is 6. The molecule has 0 radical (unpaired) electrons. The highest BCUT2D eigenvalue weighted by Crippen LogP contribution is 2.33. The van der Waals surface area contributed by atoms with Gasteiger partial charge in [0.15, 0.2) is 6.10 Å². The summed E-state index contributed by atoms with van der Waals surface area (Å²) in [6, 6.07) is 4.42. The molecule has 2 aliphatic rings. The van der Waals surface area contributed by atoms with Crippen molar-refractivity contribution < 1.29 is 27.5 Å². The second kappa shape index (κ2) is 7.24. The van der Waals surface area contributed by atoms with Crippen LogP contribution < -0.4 is 10.1 Å². The number of hydrogen-bond donors (Lipinski definition) is 1. The minimum atomic E-state index is -3.71. The molecule has 2 heterocycles. The summed E-state index contributed by atoms with van der Waals surface area (Å²) in [5.74, 6) is -0.411. The summed E-state index contributed by atoms with van der Waals surface area (Å²) in [6.07, 6.45) is 0.243. The van der Waals surface area contributed by atoms with Crippen LogP contribution in [0.5, 0.6) is 5.75 Å². The molecule has 1 aromatic carbocycles. The lowest BCUT2D eigenvalue weighted by molar-refractivity contribution is -0.149. The van der Waals surface area contributed by atoms with Gasteiger partial charge in [-0.05, 0) is 44.9 Å². The first-order valence-corrected chi connectivity index (χ1v) is 10.0. The lowest BCUT2D eigenvalue weighted by Gasteiger charge is -2.30. The van der Waals surface area contributed by atoms with Gasteiger partial charge in [-0.2, -0.15) is 4.31 Å². The predicted octanol–water partition coefficient (Wildman–Crippen LogP) is 1.37. The Labute approximate surface area is 152 Å². The van der Waals surface area contributed by atoms with Crippen molar-refractivity contribution in [2.75, 3.05) is 25.0 Å². The Morgan fingerprint density at radius 2 is 2.04 bits per heavy atom. The maximum atomic E-state index is 12.9. The lowest BCUT2D eigenvalue weighted by atomic mass is 9.98. The van der Waals surface area contributed by atoms with Gasteiger partial charge in [0.1, 0.15) is 5.75 Å². The number of piperidine rings is 1. The highest BCUT2D eigenvalue weighted by atomic mass is 32.2. The lowest BCUT2D eigenvalue weighted by Crippen LogP contribution is -2.40. The molecule has 0 saturated carbocycles. The Morgan fingerprint density at radius 1 is 1.35 bits per heavy atom. The van der Waals surface area contributed by atoms with Crippen LogP contribution in [0, 0.1) is 5.92 Å². The van der Waals surface area contributed by atoms with Crippen molar-refractivity contribution in [3.05, 3.63) is 18.2 Å². The van der Waals surface area contributed by atoms with Gasteiger partial charge in [-0.15, -0.1) is 0 Å². The minimum Gasteiger partial charge on any atom is -0.479 e. The van der Waals surface area contributed by atoms with Gasteiger partial charge < -0.3 is 14.8 Å². The Hall–Kier alpha value is -2.13. The fourth-order valence-electron chi connectivity index (χ4n) is 3.09. The number of amides is 1. The van der Waals surface area contributed by atoms with E-state index in [2.05, 4.69) is 5.32 Å². The van der Waals surface area contributed by atoms with Crippen molar-refractivity contribution in [3.8, 4) is 5.75 Å². The molecule has 26 heavy (non-hydrogen) atoms. The molecule has 142 valence electrons. The Balaban J connectivity index is 1.74. The normalized spacial score (nSPS) is 21.5. The number of carbonyl (C=O) groups excluding carboxylic acids is 2. The molecule has 1 unspecified atom stereocenters. The maximum absolute atomic E-state index is 12.9. The number of benzene rings is 1. The van der Waals surface area contributed by atoms with Gasteiger partial charge >= 0.3 is 5.97 Å². The largest absolute Gasteiger partial charge is 0.479 e. The van der Waals surface area contributed by atoms with Crippen LogP contribution >= 0.6 is 0 Å².